The van der Waals surface area contributed by atoms with Crippen LogP contribution in [-0.2, 0) is 6.42 Å². The summed E-state index contributed by atoms with van der Waals surface area (Å²) < 4.78 is 14.3. The first-order chi connectivity index (χ1) is 10.0. The fourth-order valence-electron chi connectivity index (χ4n) is 2.43. The zero-order chi connectivity index (χ0) is 15.4. The molecule has 0 bridgehead atoms. The van der Waals surface area contributed by atoms with Crippen LogP contribution in [0.5, 0.6) is 0 Å². The van der Waals surface area contributed by atoms with Gasteiger partial charge in [-0.2, -0.15) is 0 Å². The van der Waals surface area contributed by atoms with Gasteiger partial charge in [0.15, 0.2) is 0 Å². The molecular formula is C17H18BrClFN. The molecule has 4 heteroatoms. The Bertz CT molecular complexity index is 630. The van der Waals surface area contributed by atoms with Crippen molar-refractivity contribution in [3.8, 4) is 0 Å². The van der Waals surface area contributed by atoms with Crippen molar-refractivity contribution < 1.29 is 4.39 Å². The monoisotopic (exact) mass is 369 g/mol. The van der Waals surface area contributed by atoms with Gasteiger partial charge < -0.3 is 5.32 Å². The quantitative estimate of drug-likeness (QED) is 0.738. The lowest BCUT2D eigenvalue weighted by atomic mass is 9.95. The summed E-state index contributed by atoms with van der Waals surface area (Å²) in [5.41, 5.74) is 3.50. The molecule has 2 aromatic carbocycles. The van der Waals surface area contributed by atoms with Gasteiger partial charge in [0.25, 0.3) is 0 Å². The molecule has 1 unspecified atom stereocenters. The van der Waals surface area contributed by atoms with Crippen LogP contribution in [0.15, 0.2) is 40.9 Å². The molecule has 0 amide bonds. The van der Waals surface area contributed by atoms with Crippen molar-refractivity contribution in [1.29, 1.82) is 0 Å². The van der Waals surface area contributed by atoms with E-state index in [0.29, 0.717) is 0 Å². The number of nitrogens with one attached hydrogen (secondary N) is 1. The molecule has 0 heterocycles. The molecule has 0 radical (unpaired) electrons. The molecule has 21 heavy (non-hydrogen) atoms. The summed E-state index contributed by atoms with van der Waals surface area (Å²) in [5, 5.41) is 3.67. The third-order valence-electron chi connectivity index (χ3n) is 3.49. The van der Waals surface area contributed by atoms with E-state index in [4.69, 9.17) is 11.6 Å². The summed E-state index contributed by atoms with van der Waals surface area (Å²) in [6.07, 6.45) is 0.769. The van der Waals surface area contributed by atoms with Crippen molar-refractivity contribution in [2.24, 2.45) is 0 Å². The number of rotatable bonds is 5. The van der Waals surface area contributed by atoms with Gasteiger partial charge in [0, 0.05) is 10.5 Å². The van der Waals surface area contributed by atoms with Crippen molar-refractivity contribution in [2.75, 3.05) is 6.54 Å². The Labute approximate surface area is 138 Å². The predicted octanol–water partition coefficient (Wildman–Crippen LogP) is 5.44. The van der Waals surface area contributed by atoms with Crippen LogP contribution in [0.2, 0.25) is 5.02 Å². The molecule has 2 rings (SSSR count). The second kappa shape index (κ2) is 7.39. The van der Waals surface area contributed by atoms with Gasteiger partial charge in [-0.3, -0.25) is 0 Å². The fourth-order valence-corrected chi connectivity index (χ4v) is 3.01. The molecular weight excluding hydrogens is 353 g/mol. The first kappa shape index (κ1) is 16.5. The van der Waals surface area contributed by atoms with E-state index in [1.807, 2.05) is 6.07 Å². The van der Waals surface area contributed by atoms with Gasteiger partial charge in [0.05, 0.1) is 5.02 Å². The average Bonchev–Trinajstić information content (AvgIpc) is 2.45. The van der Waals surface area contributed by atoms with Gasteiger partial charge in [-0.05, 0) is 60.8 Å². The molecule has 0 saturated carbocycles. The van der Waals surface area contributed by atoms with Gasteiger partial charge in [0.2, 0.25) is 0 Å². The topological polar surface area (TPSA) is 12.0 Å². The van der Waals surface area contributed by atoms with Crippen LogP contribution in [0.25, 0.3) is 0 Å². The van der Waals surface area contributed by atoms with Crippen molar-refractivity contribution in [1.82, 2.24) is 5.32 Å². The highest BCUT2D eigenvalue weighted by Crippen LogP contribution is 2.26. The lowest BCUT2D eigenvalue weighted by Gasteiger charge is -2.21. The van der Waals surface area contributed by atoms with Crippen LogP contribution in [0.3, 0.4) is 0 Å². The summed E-state index contributed by atoms with van der Waals surface area (Å²) >= 11 is 9.40. The Morgan fingerprint density at radius 2 is 2.00 bits per heavy atom. The number of halogens is 3. The van der Waals surface area contributed by atoms with E-state index >= 15 is 0 Å². The second-order valence-electron chi connectivity index (χ2n) is 5.06. The van der Waals surface area contributed by atoms with Gasteiger partial charge in [-0.25, -0.2) is 4.39 Å². The summed E-state index contributed by atoms with van der Waals surface area (Å²) in [5.74, 6) is -0.376. The molecule has 0 aliphatic carbocycles. The van der Waals surface area contributed by atoms with Crippen molar-refractivity contribution in [3.05, 3.63) is 68.4 Å². The van der Waals surface area contributed by atoms with Crippen LogP contribution in [0, 0.1) is 12.7 Å². The minimum absolute atomic E-state index is 0.175. The van der Waals surface area contributed by atoms with Crippen LogP contribution in [0.4, 0.5) is 4.39 Å². The van der Waals surface area contributed by atoms with E-state index in [-0.39, 0.29) is 16.9 Å². The van der Waals surface area contributed by atoms with E-state index in [9.17, 15) is 4.39 Å². The molecule has 0 saturated heterocycles. The third-order valence-corrected chi connectivity index (χ3v) is 4.27. The maximum absolute atomic E-state index is 13.3. The molecule has 2 aromatic rings. The highest BCUT2D eigenvalue weighted by molar-refractivity contribution is 9.10. The Morgan fingerprint density at radius 1 is 1.24 bits per heavy atom. The summed E-state index contributed by atoms with van der Waals surface area (Å²) in [7, 11) is 0. The second-order valence-corrected chi connectivity index (χ2v) is 6.39. The smallest absolute Gasteiger partial charge is 0.141 e. The molecule has 0 fully saturated rings. The van der Waals surface area contributed by atoms with E-state index in [2.05, 4.69) is 47.2 Å². The van der Waals surface area contributed by atoms with Gasteiger partial charge in [-0.15, -0.1) is 0 Å². The van der Waals surface area contributed by atoms with Crippen LogP contribution < -0.4 is 5.32 Å². The Hall–Kier alpha value is -0.900. The fraction of sp³-hybridized carbons (Fsp3) is 0.294. The molecule has 0 aliphatic rings. The molecule has 0 aromatic heterocycles. The largest absolute Gasteiger partial charge is 0.310 e. The summed E-state index contributed by atoms with van der Waals surface area (Å²) in [4.78, 5) is 0. The van der Waals surface area contributed by atoms with Crippen molar-refractivity contribution in [3.63, 3.8) is 0 Å². The van der Waals surface area contributed by atoms with Gasteiger partial charge in [0.1, 0.15) is 5.82 Å². The number of hydrogen-bond donors (Lipinski definition) is 1. The molecule has 0 aliphatic heterocycles. The normalized spacial score (nSPS) is 12.4. The first-order valence-electron chi connectivity index (χ1n) is 6.94. The Kier molecular flexibility index (Phi) is 5.80. The SMILES string of the molecule is CCNC(Cc1ccc(F)c(Cl)c1)c1cc(Br)ccc1C. The minimum Gasteiger partial charge on any atom is -0.310 e. The molecule has 112 valence electrons. The van der Waals surface area contributed by atoms with Crippen LogP contribution in [-0.4, -0.2) is 6.54 Å². The molecule has 0 spiro atoms. The zero-order valence-corrected chi connectivity index (χ0v) is 14.4. The maximum atomic E-state index is 13.3. The molecule has 1 N–H and O–H groups in total. The average molecular weight is 371 g/mol. The third kappa shape index (κ3) is 4.29. The van der Waals surface area contributed by atoms with Crippen LogP contribution >= 0.6 is 27.5 Å². The van der Waals surface area contributed by atoms with E-state index < -0.39 is 0 Å². The van der Waals surface area contributed by atoms with E-state index in [1.165, 1.54) is 17.2 Å². The predicted molar refractivity (Wildman–Crippen MR) is 90.4 cm³/mol. The Balaban J connectivity index is 2.30. The highest BCUT2D eigenvalue weighted by atomic mass is 79.9. The molecule has 1 nitrogen and oxygen atoms in total. The minimum atomic E-state index is -0.376. The lowest BCUT2D eigenvalue weighted by Crippen LogP contribution is -2.23. The molecule has 1 atom stereocenters. The number of likely N-dealkylation sites (N-methyl/N-ethyl adjacent to an activating group) is 1. The first-order valence-corrected chi connectivity index (χ1v) is 8.11. The van der Waals surface area contributed by atoms with Crippen molar-refractivity contribution in [2.45, 2.75) is 26.3 Å². The summed E-state index contributed by atoms with van der Waals surface area (Å²) in [6, 6.07) is 11.4. The van der Waals surface area contributed by atoms with Crippen molar-refractivity contribution >= 4 is 27.5 Å². The number of benzene rings is 2. The van der Waals surface area contributed by atoms with E-state index in [1.54, 1.807) is 12.1 Å². The lowest BCUT2D eigenvalue weighted by molar-refractivity contribution is 0.546. The number of hydrogen-bond acceptors (Lipinski definition) is 1. The highest BCUT2D eigenvalue weighted by Gasteiger charge is 2.15. The van der Waals surface area contributed by atoms with Gasteiger partial charge in [-0.1, -0.05) is 46.6 Å². The van der Waals surface area contributed by atoms with E-state index in [0.717, 1.165) is 23.0 Å². The Morgan fingerprint density at radius 3 is 2.67 bits per heavy atom. The van der Waals surface area contributed by atoms with Crippen LogP contribution in [0.1, 0.15) is 29.7 Å². The van der Waals surface area contributed by atoms with Gasteiger partial charge >= 0.3 is 0 Å². The standard InChI is InChI=1S/C17H18BrClFN/c1-3-21-17(14-10-13(18)6-4-11(14)2)9-12-5-7-16(20)15(19)8-12/h4-8,10,17,21H,3,9H2,1-2H3. The summed E-state index contributed by atoms with van der Waals surface area (Å²) in [6.45, 7) is 5.05. The maximum Gasteiger partial charge on any atom is 0.141 e. The number of aryl methyl sites for hydroxylation is 1. The zero-order valence-electron chi connectivity index (χ0n) is 12.1.